The van der Waals surface area contributed by atoms with E-state index in [4.69, 9.17) is 10.5 Å². The molecule has 1 heterocycles. The highest BCUT2D eigenvalue weighted by molar-refractivity contribution is 7.13. The van der Waals surface area contributed by atoms with Crippen molar-refractivity contribution in [2.75, 3.05) is 5.73 Å². The van der Waals surface area contributed by atoms with Gasteiger partial charge >= 0.3 is 0 Å². The van der Waals surface area contributed by atoms with E-state index in [1.807, 2.05) is 5.38 Å². The summed E-state index contributed by atoms with van der Waals surface area (Å²) in [6.07, 6.45) is 4.20. The van der Waals surface area contributed by atoms with E-state index in [1.54, 1.807) is 0 Å². The zero-order valence-corrected chi connectivity index (χ0v) is 12.4. The molecule has 1 aliphatic rings. The van der Waals surface area contributed by atoms with E-state index in [2.05, 4.69) is 25.8 Å². The Kier molecular flexibility index (Phi) is 4.62. The third-order valence-electron chi connectivity index (χ3n) is 3.98. The first-order valence-corrected chi connectivity index (χ1v) is 7.75. The molecule has 0 saturated heterocycles. The van der Waals surface area contributed by atoms with Gasteiger partial charge in [-0.1, -0.05) is 27.2 Å². The molecule has 3 atom stereocenters. The normalized spacial score (nSPS) is 28.8. The second-order valence-electron chi connectivity index (χ2n) is 5.85. The molecule has 0 amide bonds. The summed E-state index contributed by atoms with van der Waals surface area (Å²) in [5, 5.41) is 2.62. The minimum atomic E-state index is 0.386. The van der Waals surface area contributed by atoms with Crippen LogP contribution in [0.15, 0.2) is 5.38 Å². The molecule has 0 spiro atoms. The lowest BCUT2D eigenvalue weighted by Gasteiger charge is -2.37. The highest BCUT2D eigenvalue weighted by Gasteiger charge is 2.31. The molecule has 0 aliphatic heterocycles. The Morgan fingerprint density at radius 2 is 2.28 bits per heavy atom. The first kappa shape index (κ1) is 13.8. The lowest BCUT2D eigenvalue weighted by atomic mass is 9.75. The van der Waals surface area contributed by atoms with Gasteiger partial charge in [-0.15, -0.1) is 11.3 Å². The van der Waals surface area contributed by atoms with E-state index in [-0.39, 0.29) is 0 Å². The summed E-state index contributed by atoms with van der Waals surface area (Å²) in [5.41, 5.74) is 6.61. The predicted octanol–water partition coefficient (Wildman–Crippen LogP) is 3.70. The molecule has 1 aromatic rings. The molecular formula is C14H24N2OS. The molecule has 2 rings (SSSR count). The number of anilines is 1. The molecule has 1 aliphatic carbocycles. The number of rotatable bonds is 4. The van der Waals surface area contributed by atoms with Gasteiger partial charge in [-0.25, -0.2) is 4.98 Å². The Labute approximate surface area is 114 Å². The topological polar surface area (TPSA) is 48.1 Å². The minimum Gasteiger partial charge on any atom is -0.375 e. The van der Waals surface area contributed by atoms with Crippen LogP contribution in [-0.4, -0.2) is 11.1 Å². The molecule has 3 nitrogen and oxygen atoms in total. The number of hydrogen-bond donors (Lipinski definition) is 1. The van der Waals surface area contributed by atoms with Crippen LogP contribution in [0.2, 0.25) is 0 Å². The lowest BCUT2D eigenvalue weighted by molar-refractivity contribution is -0.0481. The Hall–Kier alpha value is -0.610. The quantitative estimate of drug-likeness (QED) is 0.905. The Balaban J connectivity index is 1.92. The molecule has 18 heavy (non-hydrogen) atoms. The van der Waals surface area contributed by atoms with E-state index in [9.17, 15) is 0 Å². The van der Waals surface area contributed by atoms with Gasteiger partial charge in [0.25, 0.3) is 0 Å². The molecule has 1 saturated carbocycles. The molecule has 3 unspecified atom stereocenters. The fourth-order valence-corrected chi connectivity index (χ4v) is 3.44. The van der Waals surface area contributed by atoms with E-state index in [1.165, 1.54) is 30.6 Å². The van der Waals surface area contributed by atoms with Gasteiger partial charge in [0.15, 0.2) is 5.13 Å². The zero-order valence-electron chi connectivity index (χ0n) is 11.6. The number of aromatic nitrogens is 1. The van der Waals surface area contributed by atoms with Crippen LogP contribution in [0.1, 0.15) is 45.7 Å². The third kappa shape index (κ3) is 3.45. The lowest BCUT2D eigenvalue weighted by Crippen LogP contribution is -2.34. The summed E-state index contributed by atoms with van der Waals surface area (Å²) in [7, 11) is 0. The monoisotopic (exact) mass is 268 g/mol. The van der Waals surface area contributed by atoms with Crippen molar-refractivity contribution in [3.63, 3.8) is 0 Å². The summed E-state index contributed by atoms with van der Waals surface area (Å²) in [6.45, 7) is 7.54. The second-order valence-corrected chi connectivity index (χ2v) is 6.74. The highest BCUT2D eigenvalue weighted by Crippen LogP contribution is 2.35. The van der Waals surface area contributed by atoms with Crippen LogP contribution >= 0.6 is 11.3 Å². The number of nitrogens with two attached hydrogens (primary N) is 1. The van der Waals surface area contributed by atoms with Gasteiger partial charge < -0.3 is 10.5 Å². The van der Waals surface area contributed by atoms with Crippen LogP contribution in [0.4, 0.5) is 5.13 Å². The van der Waals surface area contributed by atoms with Gasteiger partial charge in [0, 0.05) is 5.38 Å². The fourth-order valence-electron chi connectivity index (χ4n) is 2.89. The predicted molar refractivity (Wildman–Crippen MR) is 76.4 cm³/mol. The van der Waals surface area contributed by atoms with Crippen molar-refractivity contribution < 1.29 is 4.74 Å². The Morgan fingerprint density at radius 3 is 2.89 bits per heavy atom. The van der Waals surface area contributed by atoms with Crippen molar-refractivity contribution in [1.29, 1.82) is 0 Å². The fraction of sp³-hybridized carbons (Fsp3) is 0.786. The zero-order chi connectivity index (χ0) is 13.1. The number of nitrogens with zero attached hydrogens (tertiary/aromatic N) is 1. The summed E-state index contributed by atoms with van der Waals surface area (Å²) in [4.78, 5) is 4.26. The molecule has 4 heteroatoms. The van der Waals surface area contributed by atoms with E-state index < -0.39 is 0 Å². The van der Waals surface area contributed by atoms with E-state index in [0.717, 1.165) is 11.6 Å². The summed E-state index contributed by atoms with van der Waals surface area (Å²) >= 11 is 1.49. The Bertz CT molecular complexity index is 378. The van der Waals surface area contributed by atoms with Crippen molar-refractivity contribution >= 4 is 16.5 Å². The molecule has 0 radical (unpaired) electrons. The molecule has 1 aromatic heterocycles. The van der Waals surface area contributed by atoms with Gasteiger partial charge in [-0.05, 0) is 30.6 Å². The van der Waals surface area contributed by atoms with Crippen molar-refractivity contribution in [2.45, 2.75) is 52.7 Å². The van der Waals surface area contributed by atoms with Gasteiger partial charge in [-0.3, -0.25) is 0 Å². The van der Waals surface area contributed by atoms with Gasteiger partial charge in [0.05, 0.1) is 18.4 Å². The molecule has 1 fully saturated rings. The van der Waals surface area contributed by atoms with Gasteiger partial charge in [0.2, 0.25) is 0 Å². The van der Waals surface area contributed by atoms with Gasteiger partial charge in [0.1, 0.15) is 0 Å². The van der Waals surface area contributed by atoms with E-state index >= 15 is 0 Å². The number of nitrogen functional groups attached to an aromatic ring is 1. The van der Waals surface area contributed by atoms with Crippen molar-refractivity contribution in [3.05, 3.63) is 11.1 Å². The van der Waals surface area contributed by atoms with Crippen molar-refractivity contribution in [1.82, 2.24) is 4.98 Å². The van der Waals surface area contributed by atoms with Crippen LogP contribution in [0, 0.1) is 17.8 Å². The van der Waals surface area contributed by atoms with E-state index in [0.29, 0.717) is 29.7 Å². The largest absolute Gasteiger partial charge is 0.375 e. The van der Waals surface area contributed by atoms with Crippen LogP contribution in [0.25, 0.3) is 0 Å². The summed E-state index contributed by atoms with van der Waals surface area (Å²) in [5.74, 6) is 2.17. The van der Waals surface area contributed by atoms with Crippen molar-refractivity contribution in [2.24, 2.45) is 17.8 Å². The first-order valence-electron chi connectivity index (χ1n) is 6.87. The molecule has 0 bridgehead atoms. The highest BCUT2D eigenvalue weighted by atomic mass is 32.1. The van der Waals surface area contributed by atoms with Crippen LogP contribution in [-0.2, 0) is 11.3 Å². The maximum absolute atomic E-state index is 6.12. The Morgan fingerprint density at radius 1 is 1.50 bits per heavy atom. The van der Waals surface area contributed by atoms with Crippen LogP contribution < -0.4 is 5.73 Å². The maximum atomic E-state index is 6.12. The van der Waals surface area contributed by atoms with Crippen LogP contribution in [0.5, 0.6) is 0 Å². The average Bonchev–Trinajstić information content (AvgIpc) is 2.72. The molecule has 2 N–H and O–H groups in total. The van der Waals surface area contributed by atoms with Gasteiger partial charge in [-0.2, -0.15) is 0 Å². The molecule has 102 valence electrons. The standard InChI is InChI=1S/C14H24N2OS/c1-9(2)12-5-4-10(3)6-13(12)17-7-11-8-18-14(15)16-11/h8-10,12-13H,4-7H2,1-3H3,(H2,15,16). The minimum absolute atomic E-state index is 0.386. The molecular weight excluding hydrogens is 244 g/mol. The maximum Gasteiger partial charge on any atom is 0.180 e. The molecule has 0 aromatic carbocycles. The summed E-state index contributed by atoms with van der Waals surface area (Å²) in [6, 6.07) is 0. The average molecular weight is 268 g/mol. The number of ether oxygens (including phenoxy) is 1. The smallest absolute Gasteiger partial charge is 0.180 e. The summed E-state index contributed by atoms with van der Waals surface area (Å²) < 4.78 is 6.12. The first-order chi connectivity index (χ1) is 8.56. The number of thiazole rings is 1. The number of hydrogen-bond acceptors (Lipinski definition) is 4. The third-order valence-corrected chi connectivity index (χ3v) is 4.70. The second kappa shape index (κ2) is 6.02. The van der Waals surface area contributed by atoms with Crippen molar-refractivity contribution in [3.8, 4) is 0 Å². The van der Waals surface area contributed by atoms with Crippen LogP contribution in [0.3, 0.4) is 0 Å². The SMILES string of the molecule is CC1CCC(C(C)C)C(OCc2csc(N)n2)C1.